The number of nitrogens with one attached hydrogen (secondary N) is 3. The standard InChI is InChI=1S/C25H34N4O2.HI/c1-5-6-15-27-23(30)19-13-11-18(12-14-19)17-28-24(26-4)29-21-16-25(2,3)31-22-10-8-7-9-20(21)22;/h7-14,21H,5-6,15-17H2,1-4H3,(H,27,30)(H2,26,28,29);1H. The summed E-state index contributed by atoms with van der Waals surface area (Å²) in [5, 5.41) is 9.87. The van der Waals surface area contributed by atoms with Crippen molar-refractivity contribution >= 4 is 35.8 Å². The second-order valence-corrected chi connectivity index (χ2v) is 8.53. The molecule has 0 radical (unpaired) electrons. The van der Waals surface area contributed by atoms with Crippen LogP contribution in [0.1, 0.15) is 67.6 Å². The van der Waals surface area contributed by atoms with Crippen molar-refractivity contribution in [1.29, 1.82) is 0 Å². The molecule has 0 saturated heterocycles. The number of fused-ring (bicyclic) bond motifs is 1. The van der Waals surface area contributed by atoms with Gasteiger partial charge in [0, 0.05) is 37.7 Å². The van der Waals surface area contributed by atoms with Gasteiger partial charge in [0.25, 0.3) is 5.91 Å². The van der Waals surface area contributed by atoms with Crippen LogP contribution in [-0.4, -0.2) is 31.1 Å². The molecular weight excluding hydrogens is 515 g/mol. The third-order valence-corrected chi connectivity index (χ3v) is 5.40. The van der Waals surface area contributed by atoms with Gasteiger partial charge in [-0.15, -0.1) is 24.0 Å². The van der Waals surface area contributed by atoms with Gasteiger partial charge < -0.3 is 20.7 Å². The molecule has 3 N–H and O–H groups in total. The van der Waals surface area contributed by atoms with Crippen molar-refractivity contribution in [3.05, 3.63) is 65.2 Å². The molecule has 32 heavy (non-hydrogen) atoms. The first-order chi connectivity index (χ1) is 14.9. The minimum atomic E-state index is -0.252. The molecule has 3 rings (SSSR count). The Bertz CT molecular complexity index is 912. The second kappa shape index (κ2) is 12.1. The van der Waals surface area contributed by atoms with Crippen molar-refractivity contribution in [1.82, 2.24) is 16.0 Å². The molecule has 0 aliphatic carbocycles. The maximum Gasteiger partial charge on any atom is 0.251 e. The van der Waals surface area contributed by atoms with Gasteiger partial charge in [-0.05, 0) is 44.0 Å². The fourth-order valence-electron chi connectivity index (χ4n) is 3.73. The van der Waals surface area contributed by atoms with E-state index in [1.54, 1.807) is 7.05 Å². The molecule has 2 aromatic carbocycles. The highest BCUT2D eigenvalue weighted by Gasteiger charge is 2.33. The molecule has 0 bridgehead atoms. The Morgan fingerprint density at radius 2 is 1.84 bits per heavy atom. The quantitative estimate of drug-likeness (QED) is 0.201. The first-order valence-corrected chi connectivity index (χ1v) is 11.0. The van der Waals surface area contributed by atoms with E-state index >= 15 is 0 Å². The zero-order valence-corrected chi connectivity index (χ0v) is 21.7. The van der Waals surface area contributed by atoms with Crippen LogP contribution in [0.25, 0.3) is 0 Å². The average Bonchev–Trinajstić information content (AvgIpc) is 2.76. The number of unbranched alkanes of at least 4 members (excludes halogenated alkanes) is 1. The van der Waals surface area contributed by atoms with Crippen LogP contribution >= 0.6 is 24.0 Å². The molecule has 174 valence electrons. The minimum Gasteiger partial charge on any atom is -0.487 e. The van der Waals surface area contributed by atoms with Crippen molar-refractivity contribution in [2.24, 2.45) is 4.99 Å². The SMILES string of the molecule is CCCCNC(=O)c1ccc(CNC(=NC)NC2CC(C)(C)Oc3ccccc32)cc1.I. The lowest BCUT2D eigenvalue weighted by molar-refractivity contribution is 0.0694. The summed E-state index contributed by atoms with van der Waals surface area (Å²) >= 11 is 0. The highest BCUT2D eigenvalue weighted by atomic mass is 127. The Hall–Kier alpha value is -2.29. The highest BCUT2D eigenvalue weighted by Crippen LogP contribution is 2.39. The molecule has 1 aliphatic heterocycles. The number of amides is 1. The largest absolute Gasteiger partial charge is 0.487 e. The van der Waals surface area contributed by atoms with Gasteiger partial charge in [-0.1, -0.05) is 43.7 Å². The molecule has 1 aliphatic rings. The maximum atomic E-state index is 12.2. The Morgan fingerprint density at radius 3 is 2.53 bits per heavy atom. The molecule has 2 aromatic rings. The summed E-state index contributed by atoms with van der Waals surface area (Å²) in [6.07, 6.45) is 2.90. The maximum absolute atomic E-state index is 12.2. The van der Waals surface area contributed by atoms with E-state index < -0.39 is 0 Å². The molecule has 7 heteroatoms. The van der Waals surface area contributed by atoms with Crippen LogP contribution in [0.4, 0.5) is 0 Å². The number of carbonyl (C=O) groups excluding carboxylic acids is 1. The molecule has 1 heterocycles. The van der Waals surface area contributed by atoms with Gasteiger partial charge in [0.05, 0.1) is 6.04 Å². The predicted molar refractivity (Wildman–Crippen MR) is 141 cm³/mol. The Labute approximate surface area is 208 Å². The zero-order chi connectivity index (χ0) is 22.3. The summed E-state index contributed by atoms with van der Waals surface area (Å²) in [5.74, 6) is 1.63. The van der Waals surface area contributed by atoms with Crippen LogP contribution in [-0.2, 0) is 6.54 Å². The number of rotatable bonds is 7. The smallest absolute Gasteiger partial charge is 0.251 e. The number of para-hydroxylation sites is 1. The Kier molecular flexibility index (Phi) is 9.81. The highest BCUT2D eigenvalue weighted by molar-refractivity contribution is 14.0. The summed E-state index contributed by atoms with van der Waals surface area (Å²) in [4.78, 5) is 16.5. The number of guanidine groups is 1. The number of benzene rings is 2. The van der Waals surface area contributed by atoms with E-state index in [0.29, 0.717) is 18.7 Å². The van der Waals surface area contributed by atoms with Gasteiger partial charge in [0.2, 0.25) is 0 Å². The average molecular weight is 550 g/mol. The lowest BCUT2D eigenvalue weighted by atomic mass is 9.90. The van der Waals surface area contributed by atoms with Gasteiger partial charge in [-0.3, -0.25) is 9.79 Å². The van der Waals surface area contributed by atoms with Crippen LogP contribution in [0, 0.1) is 0 Å². The van der Waals surface area contributed by atoms with Crippen molar-refractivity contribution in [2.45, 2.75) is 58.2 Å². The normalized spacial score (nSPS) is 16.8. The Morgan fingerprint density at radius 1 is 1.12 bits per heavy atom. The van der Waals surface area contributed by atoms with Crippen molar-refractivity contribution in [2.75, 3.05) is 13.6 Å². The summed E-state index contributed by atoms with van der Waals surface area (Å²) in [5.41, 5.74) is 2.66. The molecule has 1 atom stereocenters. The van der Waals surface area contributed by atoms with Crippen LogP contribution in [0.15, 0.2) is 53.5 Å². The van der Waals surface area contributed by atoms with Crippen molar-refractivity contribution in [3.8, 4) is 5.75 Å². The van der Waals surface area contributed by atoms with Crippen LogP contribution in [0.2, 0.25) is 0 Å². The number of halogens is 1. The number of ether oxygens (including phenoxy) is 1. The Balaban J connectivity index is 0.00000363. The summed E-state index contributed by atoms with van der Waals surface area (Å²) < 4.78 is 6.12. The van der Waals surface area contributed by atoms with Gasteiger partial charge in [0.1, 0.15) is 11.4 Å². The zero-order valence-electron chi connectivity index (χ0n) is 19.4. The van der Waals surface area contributed by atoms with E-state index in [-0.39, 0.29) is 41.5 Å². The molecule has 6 nitrogen and oxygen atoms in total. The van der Waals surface area contributed by atoms with E-state index in [2.05, 4.69) is 47.8 Å². The first kappa shape index (κ1) is 26.0. The second-order valence-electron chi connectivity index (χ2n) is 8.53. The fraction of sp³-hybridized carbons (Fsp3) is 0.440. The molecule has 0 aromatic heterocycles. The number of hydrogen-bond donors (Lipinski definition) is 3. The predicted octanol–water partition coefficient (Wildman–Crippen LogP) is 4.80. The molecular formula is C25H35IN4O2. The lowest BCUT2D eigenvalue weighted by Crippen LogP contribution is -2.45. The van der Waals surface area contributed by atoms with E-state index in [9.17, 15) is 4.79 Å². The van der Waals surface area contributed by atoms with Crippen LogP contribution in [0.5, 0.6) is 5.75 Å². The number of aliphatic imine (C=N–C) groups is 1. The van der Waals surface area contributed by atoms with Crippen LogP contribution in [0.3, 0.4) is 0 Å². The molecule has 1 amide bonds. The van der Waals surface area contributed by atoms with Crippen molar-refractivity contribution < 1.29 is 9.53 Å². The van der Waals surface area contributed by atoms with Gasteiger partial charge in [-0.25, -0.2) is 0 Å². The molecule has 1 unspecified atom stereocenters. The fourth-order valence-corrected chi connectivity index (χ4v) is 3.73. The van der Waals surface area contributed by atoms with Gasteiger partial charge in [0.15, 0.2) is 5.96 Å². The number of carbonyl (C=O) groups is 1. The summed E-state index contributed by atoms with van der Waals surface area (Å²) in [7, 11) is 1.77. The monoisotopic (exact) mass is 550 g/mol. The topological polar surface area (TPSA) is 74.8 Å². The van der Waals surface area contributed by atoms with Gasteiger partial charge in [-0.2, -0.15) is 0 Å². The third-order valence-electron chi connectivity index (χ3n) is 5.40. The van der Waals surface area contributed by atoms with Crippen molar-refractivity contribution in [3.63, 3.8) is 0 Å². The van der Waals surface area contributed by atoms with Crippen LogP contribution < -0.4 is 20.7 Å². The van der Waals surface area contributed by atoms with E-state index in [1.807, 2.05) is 42.5 Å². The lowest BCUT2D eigenvalue weighted by Gasteiger charge is -2.38. The number of hydrogen-bond acceptors (Lipinski definition) is 3. The van der Waals surface area contributed by atoms with E-state index in [1.165, 1.54) is 0 Å². The molecule has 0 fully saturated rings. The molecule has 0 spiro atoms. The summed E-state index contributed by atoms with van der Waals surface area (Å²) in [6, 6.07) is 15.9. The van der Waals surface area contributed by atoms with E-state index in [0.717, 1.165) is 42.1 Å². The minimum absolute atomic E-state index is 0. The number of nitrogens with zero attached hydrogens (tertiary/aromatic N) is 1. The van der Waals surface area contributed by atoms with E-state index in [4.69, 9.17) is 4.74 Å². The molecule has 0 saturated carbocycles. The van der Waals surface area contributed by atoms with Gasteiger partial charge >= 0.3 is 0 Å². The summed E-state index contributed by atoms with van der Waals surface area (Å²) in [6.45, 7) is 7.65. The first-order valence-electron chi connectivity index (χ1n) is 11.0. The third kappa shape index (κ3) is 7.12.